The first-order valence-electron chi connectivity index (χ1n) is 8.65. The number of alkyl halides is 3. The largest absolute Gasteiger partial charge is 0.573 e. The van der Waals surface area contributed by atoms with Gasteiger partial charge in [-0.2, -0.15) is 9.65 Å². The van der Waals surface area contributed by atoms with Crippen LogP contribution >= 0.6 is 0 Å². The van der Waals surface area contributed by atoms with Crippen molar-refractivity contribution in [2.24, 2.45) is 5.92 Å². The third kappa shape index (κ3) is 6.91. The maximum atomic E-state index is 12.6. The van der Waals surface area contributed by atoms with E-state index in [2.05, 4.69) is 4.74 Å². The molecule has 0 spiro atoms. The van der Waals surface area contributed by atoms with Gasteiger partial charge in [0.25, 0.3) is 0 Å². The van der Waals surface area contributed by atoms with Crippen molar-refractivity contribution in [2.45, 2.75) is 50.8 Å². The van der Waals surface area contributed by atoms with Gasteiger partial charge in [0, 0.05) is 0 Å². The van der Waals surface area contributed by atoms with Crippen LogP contribution in [0.3, 0.4) is 0 Å². The minimum atomic E-state index is -4.66. The number of nitrogens with zero attached hydrogens (tertiary/aromatic N) is 1. The summed E-state index contributed by atoms with van der Waals surface area (Å²) in [6.45, 7) is 0. The fourth-order valence-electron chi connectivity index (χ4n) is 3.34. The smallest absolute Gasteiger partial charge is 0.406 e. The highest BCUT2D eigenvalue weighted by atomic mass is 19.4. The lowest BCUT2D eigenvalue weighted by atomic mass is 9.77. The second-order valence-corrected chi connectivity index (χ2v) is 6.47. The van der Waals surface area contributed by atoms with E-state index in [4.69, 9.17) is 5.26 Å². The molecule has 0 aromatic heterocycles. The lowest BCUT2D eigenvalue weighted by Gasteiger charge is -2.28. The molecule has 2 nitrogen and oxygen atoms in total. The predicted molar refractivity (Wildman–Crippen MR) is 91.0 cm³/mol. The standard InChI is InChI=1S/C20H21F4NO/c21-18(14-25)5-3-1-2-4-15-6-8-16(9-7-15)17-10-12-19(13-11-17)26-20(22,23)24/h1,3,5,10-13,15-16H,2,4,6-9H2/b3-1+,18-5-. The van der Waals surface area contributed by atoms with Crippen LogP contribution < -0.4 is 4.74 Å². The van der Waals surface area contributed by atoms with Gasteiger partial charge in [-0.15, -0.1) is 13.2 Å². The molecule has 1 aliphatic rings. The number of benzene rings is 1. The SMILES string of the molecule is N#C/C(F)=C/C=C/CCC1CCC(c2ccc(OC(F)(F)F)cc2)CC1. The average Bonchev–Trinajstić information content (AvgIpc) is 2.61. The van der Waals surface area contributed by atoms with Gasteiger partial charge >= 0.3 is 6.36 Å². The minimum Gasteiger partial charge on any atom is -0.406 e. The highest BCUT2D eigenvalue weighted by Crippen LogP contribution is 2.38. The number of allylic oxidation sites excluding steroid dienone is 4. The summed E-state index contributed by atoms with van der Waals surface area (Å²) in [5, 5.41) is 8.29. The highest BCUT2D eigenvalue weighted by molar-refractivity contribution is 5.29. The van der Waals surface area contributed by atoms with Gasteiger partial charge in [0.15, 0.2) is 5.83 Å². The van der Waals surface area contributed by atoms with Crippen LogP contribution in [0, 0.1) is 17.2 Å². The number of hydrogen-bond donors (Lipinski definition) is 0. The molecule has 1 aromatic rings. The number of halogens is 4. The zero-order valence-corrected chi connectivity index (χ0v) is 14.3. The van der Waals surface area contributed by atoms with E-state index >= 15 is 0 Å². The molecule has 26 heavy (non-hydrogen) atoms. The Balaban J connectivity index is 1.75. The van der Waals surface area contributed by atoms with E-state index in [0.29, 0.717) is 11.8 Å². The summed E-state index contributed by atoms with van der Waals surface area (Å²) in [4.78, 5) is 0. The molecule has 1 aromatic carbocycles. The summed E-state index contributed by atoms with van der Waals surface area (Å²) < 4.78 is 53.1. The quantitative estimate of drug-likeness (QED) is 0.323. The molecule has 0 bridgehead atoms. The topological polar surface area (TPSA) is 33.0 Å². The van der Waals surface area contributed by atoms with E-state index in [1.807, 2.05) is 6.08 Å². The van der Waals surface area contributed by atoms with Gasteiger partial charge < -0.3 is 4.74 Å². The maximum absolute atomic E-state index is 12.6. The lowest BCUT2D eigenvalue weighted by molar-refractivity contribution is -0.274. The van der Waals surface area contributed by atoms with Crippen molar-refractivity contribution >= 4 is 0 Å². The first-order chi connectivity index (χ1) is 12.4. The molecule has 0 aliphatic heterocycles. The Hall–Kier alpha value is -2.29. The number of rotatable bonds is 6. The third-order valence-corrected chi connectivity index (χ3v) is 4.66. The summed E-state index contributed by atoms with van der Waals surface area (Å²) in [6, 6.07) is 7.58. The third-order valence-electron chi connectivity index (χ3n) is 4.66. The molecule has 0 heterocycles. The maximum Gasteiger partial charge on any atom is 0.573 e. The van der Waals surface area contributed by atoms with E-state index in [0.717, 1.165) is 50.2 Å². The van der Waals surface area contributed by atoms with Gasteiger partial charge in [-0.05, 0) is 74.1 Å². The van der Waals surface area contributed by atoms with E-state index < -0.39 is 12.2 Å². The summed E-state index contributed by atoms with van der Waals surface area (Å²) in [6.07, 6.45) is 5.94. The van der Waals surface area contributed by atoms with E-state index in [1.165, 1.54) is 18.2 Å². The molecule has 1 fully saturated rings. The van der Waals surface area contributed by atoms with E-state index in [1.54, 1.807) is 18.2 Å². The average molecular weight is 367 g/mol. The molecule has 1 aliphatic carbocycles. The first-order valence-corrected chi connectivity index (χ1v) is 8.65. The minimum absolute atomic E-state index is 0.191. The van der Waals surface area contributed by atoms with Crippen LogP contribution in [-0.4, -0.2) is 6.36 Å². The zero-order valence-electron chi connectivity index (χ0n) is 14.3. The lowest BCUT2D eigenvalue weighted by Crippen LogP contribution is -2.17. The molecular weight excluding hydrogens is 346 g/mol. The first kappa shape index (κ1) is 20.0. The predicted octanol–water partition coefficient (Wildman–Crippen LogP) is 6.57. The Morgan fingerprint density at radius 3 is 2.38 bits per heavy atom. The van der Waals surface area contributed by atoms with Gasteiger partial charge in [-0.1, -0.05) is 24.3 Å². The van der Waals surface area contributed by atoms with E-state index in [9.17, 15) is 17.6 Å². The van der Waals surface area contributed by atoms with Crippen LogP contribution in [0.1, 0.15) is 50.0 Å². The second kappa shape index (κ2) is 9.42. The summed E-state index contributed by atoms with van der Waals surface area (Å²) >= 11 is 0. The molecule has 0 amide bonds. The van der Waals surface area contributed by atoms with Crippen LogP contribution in [0.2, 0.25) is 0 Å². The Morgan fingerprint density at radius 2 is 1.81 bits per heavy atom. The molecule has 6 heteroatoms. The van der Waals surface area contributed by atoms with E-state index in [-0.39, 0.29) is 5.75 Å². The molecule has 0 radical (unpaired) electrons. The number of hydrogen-bond acceptors (Lipinski definition) is 2. The molecule has 0 saturated heterocycles. The molecule has 140 valence electrons. The number of nitriles is 1. The Labute approximate surface area is 150 Å². The molecule has 1 saturated carbocycles. The van der Waals surface area contributed by atoms with Crippen LogP contribution in [0.25, 0.3) is 0 Å². The monoisotopic (exact) mass is 367 g/mol. The molecular formula is C20H21F4NO. The van der Waals surface area contributed by atoms with Crippen molar-refractivity contribution in [3.05, 3.63) is 53.9 Å². The van der Waals surface area contributed by atoms with Crippen LogP contribution in [0.5, 0.6) is 5.75 Å². The van der Waals surface area contributed by atoms with Crippen molar-refractivity contribution in [3.8, 4) is 11.8 Å². The Bertz CT molecular complexity index is 663. The van der Waals surface area contributed by atoms with Crippen LogP contribution in [0.15, 0.2) is 48.3 Å². The van der Waals surface area contributed by atoms with Crippen molar-refractivity contribution in [1.29, 1.82) is 5.26 Å². The highest BCUT2D eigenvalue weighted by Gasteiger charge is 2.31. The van der Waals surface area contributed by atoms with Crippen molar-refractivity contribution < 1.29 is 22.3 Å². The summed E-state index contributed by atoms with van der Waals surface area (Å²) in [7, 11) is 0. The molecule has 0 atom stereocenters. The fourth-order valence-corrected chi connectivity index (χ4v) is 3.34. The van der Waals surface area contributed by atoms with Crippen molar-refractivity contribution in [1.82, 2.24) is 0 Å². The second-order valence-electron chi connectivity index (χ2n) is 6.47. The van der Waals surface area contributed by atoms with Crippen molar-refractivity contribution in [2.75, 3.05) is 0 Å². The molecule has 2 rings (SSSR count). The van der Waals surface area contributed by atoms with Gasteiger partial charge in [0.1, 0.15) is 11.8 Å². The molecule has 0 unspecified atom stereocenters. The van der Waals surface area contributed by atoms with Crippen molar-refractivity contribution in [3.63, 3.8) is 0 Å². The molecule has 0 N–H and O–H groups in total. The normalized spacial score (nSPS) is 21.6. The fraction of sp³-hybridized carbons (Fsp3) is 0.450. The summed E-state index contributed by atoms with van der Waals surface area (Å²) in [5.41, 5.74) is 1.05. The Kier molecular flexibility index (Phi) is 7.26. The van der Waals surface area contributed by atoms with Gasteiger partial charge in [-0.25, -0.2) is 0 Å². The van der Waals surface area contributed by atoms with Crippen LogP contribution in [0.4, 0.5) is 17.6 Å². The van der Waals surface area contributed by atoms with Gasteiger partial charge in [0.2, 0.25) is 0 Å². The summed E-state index contributed by atoms with van der Waals surface area (Å²) in [5.74, 6) is -0.0140. The van der Waals surface area contributed by atoms with Gasteiger partial charge in [-0.3, -0.25) is 0 Å². The number of ether oxygens (including phenoxy) is 1. The van der Waals surface area contributed by atoms with Crippen LogP contribution in [-0.2, 0) is 0 Å². The zero-order chi connectivity index (χ0) is 19.0. The van der Waals surface area contributed by atoms with Gasteiger partial charge in [0.05, 0.1) is 0 Å². The Morgan fingerprint density at radius 1 is 1.15 bits per heavy atom.